The minimum absolute atomic E-state index is 0.0614. The number of aromatic nitrogens is 3. The molecule has 0 aliphatic heterocycles. The number of carbonyl (C=O) groups is 1. The van der Waals surface area contributed by atoms with Gasteiger partial charge in [-0.1, -0.05) is 48.0 Å². The topological polar surface area (TPSA) is 68.4 Å². The molecule has 0 aliphatic rings. The fourth-order valence-corrected chi connectivity index (χ4v) is 3.36. The van der Waals surface area contributed by atoms with Crippen LogP contribution in [-0.2, 0) is 11.3 Å². The second kappa shape index (κ2) is 7.39. The zero-order valence-corrected chi connectivity index (χ0v) is 16.6. The van der Waals surface area contributed by atoms with Gasteiger partial charge in [-0.3, -0.25) is 9.59 Å². The van der Waals surface area contributed by atoms with Crippen LogP contribution in [0.1, 0.15) is 16.7 Å². The van der Waals surface area contributed by atoms with E-state index >= 15 is 0 Å². The second-order valence-electron chi connectivity index (χ2n) is 7.27. The summed E-state index contributed by atoms with van der Waals surface area (Å²) in [6.45, 7) is 5.85. The number of benzene rings is 2. The second-order valence-corrected chi connectivity index (χ2v) is 7.27. The highest BCUT2D eigenvalue weighted by atomic mass is 16.2. The SMILES string of the molecule is Cc1ccc(-c2cc3c(=O)n(CC(=O)Nc4c(C)cccc4C)ccn3n2)cc1. The van der Waals surface area contributed by atoms with Gasteiger partial charge < -0.3 is 9.88 Å². The highest BCUT2D eigenvalue weighted by molar-refractivity contribution is 5.92. The number of fused-ring (bicyclic) bond motifs is 1. The summed E-state index contributed by atoms with van der Waals surface area (Å²) in [5.74, 6) is -0.243. The van der Waals surface area contributed by atoms with Gasteiger partial charge in [0.1, 0.15) is 12.1 Å². The molecule has 6 heteroatoms. The van der Waals surface area contributed by atoms with Crippen LogP contribution < -0.4 is 10.9 Å². The Morgan fingerprint density at radius 1 is 1.00 bits per heavy atom. The lowest BCUT2D eigenvalue weighted by Crippen LogP contribution is -2.28. The summed E-state index contributed by atoms with van der Waals surface area (Å²) in [4.78, 5) is 25.4. The molecule has 0 radical (unpaired) electrons. The zero-order chi connectivity index (χ0) is 20.5. The highest BCUT2D eigenvalue weighted by Crippen LogP contribution is 2.20. The van der Waals surface area contributed by atoms with E-state index in [1.54, 1.807) is 23.0 Å². The maximum absolute atomic E-state index is 12.9. The molecule has 0 aliphatic carbocycles. The van der Waals surface area contributed by atoms with Crippen molar-refractivity contribution in [3.63, 3.8) is 0 Å². The molecule has 2 heterocycles. The molecule has 0 bridgehead atoms. The van der Waals surface area contributed by atoms with Gasteiger partial charge in [0, 0.05) is 23.6 Å². The van der Waals surface area contributed by atoms with Gasteiger partial charge in [0.15, 0.2) is 0 Å². The number of nitrogens with one attached hydrogen (secondary N) is 1. The van der Waals surface area contributed by atoms with Crippen LogP contribution in [-0.4, -0.2) is 20.1 Å². The number of hydrogen-bond donors (Lipinski definition) is 1. The summed E-state index contributed by atoms with van der Waals surface area (Å²) < 4.78 is 2.95. The molecule has 0 fully saturated rings. The molecule has 2 aromatic carbocycles. The predicted molar refractivity (Wildman–Crippen MR) is 114 cm³/mol. The number of nitrogens with zero attached hydrogens (tertiary/aromatic N) is 3. The Bertz CT molecular complexity index is 1250. The first-order chi connectivity index (χ1) is 13.9. The van der Waals surface area contributed by atoms with Crippen molar-refractivity contribution in [3.8, 4) is 11.3 Å². The third-order valence-corrected chi connectivity index (χ3v) is 5.01. The summed E-state index contributed by atoms with van der Waals surface area (Å²) in [7, 11) is 0. The molecule has 2 aromatic heterocycles. The Hall–Kier alpha value is -3.67. The predicted octanol–water partition coefficient (Wildman–Crippen LogP) is 3.73. The fraction of sp³-hybridized carbons (Fsp3) is 0.174. The maximum Gasteiger partial charge on any atom is 0.277 e. The molecule has 146 valence electrons. The number of anilines is 1. The minimum atomic E-state index is -0.255. The summed E-state index contributed by atoms with van der Waals surface area (Å²) in [6, 6.07) is 15.6. The third kappa shape index (κ3) is 3.69. The summed E-state index contributed by atoms with van der Waals surface area (Å²) in [5.41, 5.74) is 5.77. The first-order valence-electron chi connectivity index (χ1n) is 9.44. The molecular formula is C23H22N4O2. The van der Waals surface area contributed by atoms with Crippen molar-refractivity contribution >= 4 is 17.1 Å². The highest BCUT2D eigenvalue weighted by Gasteiger charge is 2.12. The maximum atomic E-state index is 12.9. The van der Waals surface area contributed by atoms with Crippen molar-refractivity contribution in [2.45, 2.75) is 27.3 Å². The zero-order valence-electron chi connectivity index (χ0n) is 16.6. The minimum Gasteiger partial charge on any atom is -0.324 e. The Morgan fingerprint density at radius 2 is 1.69 bits per heavy atom. The van der Waals surface area contributed by atoms with Gasteiger partial charge in [-0.25, -0.2) is 4.52 Å². The lowest BCUT2D eigenvalue weighted by molar-refractivity contribution is -0.116. The normalized spacial score (nSPS) is 11.0. The van der Waals surface area contributed by atoms with Gasteiger partial charge in [-0.15, -0.1) is 0 Å². The molecule has 6 nitrogen and oxygen atoms in total. The van der Waals surface area contributed by atoms with Crippen LogP contribution in [0.5, 0.6) is 0 Å². The van der Waals surface area contributed by atoms with Gasteiger partial charge in [-0.05, 0) is 38.0 Å². The molecule has 1 amide bonds. The van der Waals surface area contributed by atoms with E-state index < -0.39 is 0 Å². The van der Waals surface area contributed by atoms with Gasteiger partial charge >= 0.3 is 0 Å². The van der Waals surface area contributed by atoms with E-state index in [4.69, 9.17) is 0 Å². The molecule has 4 aromatic rings. The van der Waals surface area contributed by atoms with Crippen molar-refractivity contribution in [2.75, 3.05) is 5.32 Å². The van der Waals surface area contributed by atoms with Gasteiger partial charge in [0.05, 0.1) is 5.69 Å². The van der Waals surface area contributed by atoms with Crippen LogP contribution in [0.3, 0.4) is 0 Å². The van der Waals surface area contributed by atoms with Crippen LogP contribution in [0.2, 0.25) is 0 Å². The number of para-hydroxylation sites is 1. The number of carbonyl (C=O) groups excluding carboxylic acids is 1. The van der Waals surface area contributed by atoms with E-state index in [9.17, 15) is 9.59 Å². The average Bonchev–Trinajstić information content (AvgIpc) is 3.13. The molecule has 29 heavy (non-hydrogen) atoms. The summed E-state index contributed by atoms with van der Waals surface area (Å²) in [6.07, 6.45) is 3.28. The average molecular weight is 386 g/mol. The van der Waals surface area contributed by atoms with Crippen molar-refractivity contribution in [3.05, 3.63) is 88.0 Å². The monoisotopic (exact) mass is 386 g/mol. The number of amides is 1. The molecule has 0 saturated heterocycles. The van der Waals surface area contributed by atoms with Crippen LogP contribution in [0.4, 0.5) is 5.69 Å². The van der Waals surface area contributed by atoms with Crippen molar-refractivity contribution in [1.82, 2.24) is 14.2 Å². The summed E-state index contributed by atoms with van der Waals surface area (Å²) >= 11 is 0. The number of rotatable bonds is 4. The van der Waals surface area contributed by atoms with Gasteiger partial charge in [0.2, 0.25) is 5.91 Å². The third-order valence-electron chi connectivity index (χ3n) is 5.01. The molecule has 4 rings (SSSR count). The fourth-order valence-electron chi connectivity index (χ4n) is 3.36. The first-order valence-corrected chi connectivity index (χ1v) is 9.44. The Labute approximate surface area is 168 Å². The van der Waals surface area contributed by atoms with E-state index in [2.05, 4.69) is 10.4 Å². The molecule has 0 unspecified atom stereocenters. The van der Waals surface area contributed by atoms with Crippen molar-refractivity contribution < 1.29 is 4.79 Å². The molecule has 0 atom stereocenters. The molecule has 1 N–H and O–H groups in total. The standard InChI is InChI=1S/C23H22N4O2/c1-15-7-9-18(10-8-15)19-13-20-23(29)26(11-12-27(20)25-19)14-21(28)24-22-16(2)5-4-6-17(22)3/h4-13H,14H2,1-3H3,(H,24,28). The number of hydrogen-bond acceptors (Lipinski definition) is 3. The van der Waals surface area contributed by atoms with E-state index in [-0.39, 0.29) is 18.0 Å². The first kappa shape index (κ1) is 18.7. The van der Waals surface area contributed by atoms with Crippen LogP contribution in [0.25, 0.3) is 16.8 Å². The Morgan fingerprint density at radius 3 is 2.38 bits per heavy atom. The van der Waals surface area contributed by atoms with Crippen LogP contribution >= 0.6 is 0 Å². The molecule has 0 saturated carbocycles. The van der Waals surface area contributed by atoms with E-state index in [1.165, 1.54) is 4.57 Å². The largest absolute Gasteiger partial charge is 0.324 e. The quantitative estimate of drug-likeness (QED) is 0.581. The number of aryl methyl sites for hydroxylation is 3. The smallest absolute Gasteiger partial charge is 0.277 e. The van der Waals surface area contributed by atoms with Crippen LogP contribution in [0, 0.1) is 20.8 Å². The van der Waals surface area contributed by atoms with Gasteiger partial charge in [0.25, 0.3) is 5.56 Å². The molecular weight excluding hydrogens is 364 g/mol. The van der Waals surface area contributed by atoms with Crippen molar-refractivity contribution in [1.29, 1.82) is 0 Å². The lowest BCUT2D eigenvalue weighted by Gasteiger charge is -2.12. The Balaban J connectivity index is 1.61. The van der Waals surface area contributed by atoms with E-state index in [1.807, 2.05) is 63.2 Å². The van der Waals surface area contributed by atoms with Gasteiger partial charge in [-0.2, -0.15) is 5.10 Å². The van der Waals surface area contributed by atoms with E-state index in [0.29, 0.717) is 5.52 Å². The van der Waals surface area contributed by atoms with Crippen LogP contribution in [0.15, 0.2) is 65.7 Å². The molecule has 0 spiro atoms. The van der Waals surface area contributed by atoms with Crippen molar-refractivity contribution in [2.24, 2.45) is 0 Å². The summed E-state index contributed by atoms with van der Waals surface area (Å²) in [5, 5.41) is 7.40. The lowest BCUT2D eigenvalue weighted by atomic mass is 10.1. The Kier molecular flexibility index (Phi) is 4.76. The van der Waals surface area contributed by atoms with E-state index in [0.717, 1.165) is 33.6 Å².